The average Bonchev–Trinajstić information content (AvgIpc) is 3.18. The largest absolute Gasteiger partial charge is 0.350 e. The highest BCUT2D eigenvalue weighted by Gasteiger charge is 2.21. The number of sulfonamides is 1. The molecule has 7 heteroatoms. The van der Waals surface area contributed by atoms with Crippen LogP contribution in [0.1, 0.15) is 21.6 Å². The molecule has 0 fully saturated rings. The minimum Gasteiger partial charge on any atom is -0.350 e. The highest BCUT2D eigenvalue weighted by Crippen LogP contribution is 2.26. The van der Waals surface area contributed by atoms with Gasteiger partial charge in [-0.25, -0.2) is 12.7 Å². The van der Waals surface area contributed by atoms with E-state index in [1.807, 2.05) is 65.2 Å². The molecule has 0 aliphatic rings. The first kappa shape index (κ1) is 22.8. The Labute approximate surface area is 194 Å². The summed E-state index contributed by atoms with van der Waals surface area (Å²) in [5.41, 5.74) is 3.52. The predicted octanol–water partition coefficient (Wildman–Crippen LogP) is 3.91. The van der Waals surface area contributed by atoms with E-state index in [2.05, 4.69) is 5.32 Å². The van der Waals surface area contributed by atoms with Crippen LogP contribution in [-0.2, 0) is 23.0 Å². The van der Waals surface area contributed by atoms with Crippen LogP contribution in [0.15, 0.2) is 89.8 Å². The molecule has 170 valence electrons. The molecule has 1 aromatic heterocycles. The number of nitrogens with zero attached hydrogens (tertiary/aromatic N) is 2. The maximum atomic E-state index is 13.1. The Hall–Kier alpha value is -3.42. The minimum absolute atomic E-state index is 0.185. The Kier molecular flexibility index (Phi) is 6.62. The lowest BCUT2D eigenvalue weighted by Crippen LogP contribution is -2.28. The van der Waals surface area contributed by atoms with Gasteiger partial charge in [0, 0.05) is 38.1 Å². The molecule has 6 nitrogen and oxygen atoms in total. The van der Waals surface area contributed by atoms with E-state index in [0.29, 0.717) is 24.2 Å². The van der Waals surface area contributed by atoms with E-state index >= 15 is 0 Å². The van der Waals surface area contributed by atoms with Gasteiger partial charge in [0.25, 0.3) is 5.91 Å². The Morgan fingerprint density at radius 2 is 1.52 bits per heavy atom. The van der Waals surface area contributed by atoms with E-state index in [9.17, 15) is 13.2 Å². The molecule has 0 aliphatic carbocycles. The molecule has 0 radical (unpaired) electrons. The average molecular weight is 462 g/mol. The Balaban J connectivity index is 1.68. The smallest absolute Gasteiger partial charge is 0.267 e. The van der Waals surface area contributed by atoms with Gasteiger partial charge in [0.2, 0.25) is 10.0 Å². The number of hydrogen-bond acceptors (Lipinski definition) is 3. The quantitative estimate of drug-likeness (QED) is 0.432. The van der Waals surface area contributed by atoms with Gasteiger partial charge in [-0.1, -0.05) is 60.7 Å². The highest BCUT2D eigenvalue weighted by molar-refractivity contribution is 7.89. The van der Waals surface area contributed by atoms with Crippen LogP contribution in [0.25, 0.3) is 10.9 Å². The van der Waals surface area contributed by atoms with E-state index in [0.717, 1.165) is 23.1 Å². The van der Waals surface area contributed by atoms with Crippen molar-refractivity contribution in [3.05, 3.63) is 102 Å². The maximum Gasteiger partial charge on any atom is 0.267 e. The fraction of sp³-hybridized carbons (Fsp3) is 0.192. The number of aromatic nitrogens is 1. The van der Waals surface area contributed by atoms with Crippen molar-refractivity contribution in [1.82, 2.24) is 14.2 Å². The fourth-order valence-corrected chi connectivity index (χ4v) is 4.74. The van der Waals surface area contributed by atoms with E-state index < -0.39 is 10.0 Å². The molecule has 0 atom stereocenters. The van der Waals surface area contributed by atoms with Crippen molar-refractivity contribution in [1.29, 1.82) is 0 Å². The molecule has 0 unspecified atom stereocenters. The van der Waals surface area contributed by atoms with Gasteiger partial charge >= 0.3 is 0 Å². The van der Waals surface area contributed by atoms with Crippen LogP contribution in [-0.4, -0.2) is 43.8 Å². The Bertz CT molecular complexity index is 1360. The normalized spacial score (nSPS) is 11.7. The van der Waals surface area contributed by atoms with E-state index in [1.165, 1.54) is 18.4 Å². The summed E-state index contributed by atoms with van der Waals surface area (Å²) in [6.07, 6.45) is 0.733. The van der Waals surface area contributed by atoms with Gasteiger partial charge in [0.15, 0.2) is 0 Å². The second kappa shape index (κ2) is 9.60. The summed E-state index contributed by atoms with van der Waals surface area (Å²) in [7, 11) is -0.561. The van der Waals surface area contributed by atoms with E-state index in [1.54, 1.807) is 24.3 Å². The number of benzene rings is 3. The summed E-state index contributed by atoms with van der Waals surface area (Å²) >= 11 is 0. The Morgan fingerprint density at radius 1 is 0.879 bits per heavy atom. The van der Waals surface area contributed by atoms with Crippen molar-refractivity contribution in [2.75, 3.05) is 20.6 Å². The first-order valence-electron chi connectivity index (χ1n) is 10.8. The second-order valence-electron chi connectivity index (χ2n) is 8.10. The first-order valence-corrected chi connectivity index (χ1v) is 12.2. The lowest BCUT2D eigenvalue weighted by molar-refractivity contribution is 0.0945. The van der Waals surface area contributed by atoms with Gasteiger partial charge in [0.1, 0.15) is 5.69 Å². The van der Waals surface area contributed by atoms with Crippen molar-refractivity contribution in [2.45, 2.75) is 17.9 Å². The summed E-state index contributed by atoms with van der Waals surface area (Å²) < 4.78 is 28.3. The zero-order chi connectivity index (χ0) is 23.4. The lowest BCUT2D eigenvalue weighted by Gasteiger charge is -2.13. The van der Waals surface area contributed by atoms with E-state index in [-0.39, 0.29) is 10.8 Å². The number of fused-ring (bicyclic) bond motifs is 1. The van der Waals surface area contributed by atoms with Gasteiger partial charge in [-0.05, 0) is 41.8 Å². The molecule has 33 heavy (non-hydrogen) atoms. The Morgan fingerprint density at radius 3 is 2.15 bits per heavy atom. The van der Waals surface area contributed by atoms with Crippen LogP contribution in [0.2, 0.25) is 0 Å². The standard InChI is InChI=1S/C26H27N3O3S/c1-28(2)33(31,32)23-13-14-24-22(17-23)18-25(29(24)19-21-11-7-4-8-12-21)26(30)27-16-15-20-9-5-3-6-10-20/h3-14,17-18H,15-16,19H2,1-2H3,(H,27,30). The third-order valence-electron chi connectivity index (χ3n) is 5.61. The van der Waals surface area contributed by atoms with Crippen molar-refractivity contribution in [3.63, 3.8) is 0 Å². The summed E-state index contributed by atoms with van der Waals surface area (Å²) in [4.78, 5) is 13.3. The molecule has 3 aromatic carbocycles. The molecule has 0 saturated carbocycles. The molecular weight excluding hydrogens is 434 g/mol. The van der Waals surface area contributed by atoms with Crippen LogP contribution in [0.5, 0.6) is 0 Å². The van der Waals surface area contributed by atoms with E-state index in [4.69, 9.17) is 0 Å². The molecule has 0 bridgehead atoms. The SMILES string of the molecule is CN(C)S(=O)(=O)c1ccc2c(c1)cc(C(=O)NCCc1ccccc1)n2Cc1ccccc1. The second-order valence-corrected chi connectivity index (χ2v) is 10.3. The van der Waals surface area contributed by atoms with Gasteiger partial charge < -0.3 is 9.88 Å². The van der Waals surface area contributed by atoms with Crippen molar-refractivity contribution < 1.29 is 13.2 Å². The molecule has 4 rings (SSSR count). The molecule has 0 aliphatic heterocycles. The molecule has 1 heterocycles. The third kappa shape index (κ3) is 4.99. The number of hydrogen-bond donors (Lipinski definition) is 1. The van der Waals surface area contributed by atoms with Gasteiger partial charge in [-0.15, -0.1) is 0 Å². The lowest BCUT2D eigenvalue weighted by atomic mass is 10.1. The molecule has 1 amide bonds. The summed E-state index contributed by atoms with van der Waals surface area (Å²) in [5, 5.41) is 3.72. The number of nitrogens with one attached hydrogen (secondary N) is 1. The number of carbonyl (C=O) groups is 1. The van der Waals surface area contributed by atoms with Crippen LogP contribution >= 0.6 is 0 Å². The molecule has 1 N–H and O–H groups in total. The van der Waals surface area contributed by atoms with Crippen molar-refractivity contribution in [2.24, 2.45) is 0 Å². The predicted molar refractivity (Wildman–Crippen MR) is 131 cm³/mol. The van der Waals surface area contributed by atoms with Crippen LogP contribution in [0, 0.1) is 0 Å². The molecule has 0 saturated heterocycles. The van der Waals surface area contributed by atoms with Crippen LogP contribution < -0.4 is 5.32 Å². The zero-order valence-corrected chi connectivity index (χ0v) is 19.5. The summed E-state index contributed by atoms with van der Waals surface area (Å²) in [6.45, 7) is 1.02. The number of amides is 1. The topological polar surface area (TPSA) is 71.4 Å². The zero-order valence-electron chi connectivity index (χ0n) is 18.7. The number of rotatable bonds is 8. The van der Waals surface area contributed by atoms with Gasteiger partial charge in [-0.3, -0.25) is 4.79 Å². The number of carbonyl (C=O) groups excluding carboxylic acids is 1. The molecule has 0 spiro atoms. The summed E-state index contributed by atoms with van der Waals surface area (Å²) in [6, 6.07) is 26.6. The third-order valence-corrected chi connectivity index (χ3v) is 7.42. The van der Waals surface area contributed by atoms with Crippen LogP contribution in [0.4, 0.5) is 0 Å². The monoisotopic (exact) mass is 461 g/mol. The summed E-state index contributed by atoms with van der Waals surface area (Å²) in [5.74, 6) is -0.185. The van der Waals surface area contributed by atoms with Crippen molar-refractivity contribution in [3.8, 4) is 0 Å². The maximum absolute atomic E-state index is 13.1. The van der Waals surface area contributed by atoms with Crippen LogP contribution in [0.3, 0.4) is 0 Å². The minimum atomic E-state index is -3.57. The van der Waals surface area contributed by atoms with Gasteiger partial charge in [-0.2, -0.15) is 0 Å². The van der Waals surface area contributed by atoms with Gasteiger partial charge in [0.05, 0.1) is 4.90 Å². The highest BCUT2D eigenvalue weighted by atomic mass is 32.2. The van der Waals surface area contributed by atoms with Crippen molar-refractivity contribution >= 4 is 26.8 Å². The molecule has 4 aromatic rings. The first-order chi connectivity index (χ1) is 15.9. The molecular formula is C26H27N3O3S. The fourth-order valence-electron chi connectivity index (χ4n) is 3.80.